The molecule has 0 amide bonds. The average Bonchev–Trinajstić information content (AvgIpc) is 2.71. The number of nitriles is 1. The van der Waals surface area contributed by atoms with Crippen molar-refractivity contribution in [3.8, 4) is 17.6 Å². The van der Waals surface area contributed by atoms with Gasteiger partial charge in [-0.05, 0) is 24.1 Å². The number of hydrogen-bond donors (Lipinski definition) is 1. The van der Waals surface area contributed by atoms with Gasteiger partial charge in [0.25, 0.3) is 0 Å². The highest BCUT2D eigenvalue weighted by Gasteiger charge is 2.28. The highest BCUT2D eigenvalue weighted by Crippen LogP contribution is 2.32. The first-order valence-corrected chi connectivity index (χ1v) is 9.97. The first kappa shape index (κ1) is 19.7. The fourth-order valence-electron chi connectivity index (χ4n) is 2.67. The molecule has 2 aromatic rings. The minimum atomic E-state index is -4.05. The molecule has 0 spiro atoms. The molecule has 0 aliphatic carbocycles. The largest absolute Gasteiger partial charge is 0.486 e. The Hall–Kier alpha value is -3.09. The average molecular weight is 402 g/mol. The molecular weight excluding hydrogens is 384 g/mol. The summed E-state index contributed by atoms with van der Waals surface area (Å²) in [7, 11) is -4.05. The van der Waals surface area contributed by atoms with E-state index < -0.39 is 28.6 Å². The third-order valence-electron chi connectivity index (χ3n) is 3.97. The second kappa shape index (κ2) is 8.73. The van der Waals surface area contributed by atoms with Crippen LogP contribution in [-0.4, -0.2) is 40.2 Å². The number of sulfonamides is 1. The van der Waals surface area contributed by atoms with E-state index in [-0.39, 0.29) is 11.3 Å². The lowest BCUT2D eigenvalue weighted by molar-refractivity contribution is -0.144. The van der Waals surface area contributed by atoms with Gasteiger partial charge in [0, 0.05) is 6.07 Å². The van der Waals surface area contributed by atoms with Crippen LogP contribution in [0.25, 0.3) is 0 Å². The van der Waals surface area contributed by atoms with Crippen molar-refractivity contribution < 1.29 is 27.4 Å². The van der Waals surface area contributed by atoms with Gasteiger partial charge >= 0.3 is 5.97 Å². The fraction of sp³-hybridized carbons (Fsp3) is 0.263. The zero-order chi connectivity index (χ0) is 20.0. The predicted octanol–water partition coefficient (Wildman–Crippen LogP) is 1.41. The Kier molecular flexibility index (Phi) is 6.13. The quantitative estimate of drug-likeness (QED) is 0.697. The maximum absolute atomic E-state index is 12.8. The number of esters is 1. The fourth-order valence-corrected chi connectivity index (χ4v) is 3.87. The smallest absolute Gasteiger partial charge is 0.325 e. The Bertz CT molecular complexity index is 985. The number of benzene rings is 2. The molecule has 1 heterocycles. The van der Waals surface area contributed by atoms with Gasteiger partial charge in [-0.2, -0.15) is 9.98 Å². The van der Waals surface area contributed by atoms with Crippen LogP contribution in [0.2, 0.25) is 0 Å². The van der Waals surface area contributed by atoms with E-state index >= 15 is 0 Å². The molecule has 0 unspecified atom stereocenters. The Morgan fingerprint density at radius 2 is 1.86 bits per heavy atom. The molecule has 1 N–H and O–H groups in total. The summed E-state index contributed by atoms with van der Waals surface area (Å²) in [5, 5.41) is 8.62. The molecule has 9 heteroatoms. The summed E-state index contributed by atoms with van der Waals surface area (Å²) in [6.07, 6.45) is 0.0783. The summed E-state index contributed by atoms with van der Waals surface area (Å²) in [4.78, 5) is 12.2. The van der Waals surface area contributed by atoms with Crippen molar-refractivity contribution in [3.05, 3.63) is 54.1 Å². The summed E-state index contributed by atoms with van der Waals surface area (Å²) in [5.74, 6) is -0.0493. The van der Waals surface area contributed by atoms with Gasteiger partial charge in [-0.25, -0.2) is 8.42 Å². The molecule has 8 nitrogen and oxygen atoms in total. The second-order valence-corrected chi connectivity index (χ2v) is 7.65. The van der Waals surface area contributed by atoms with Crippen molar-refractivity contribution in [2.75, 3.05) is 19.8 Å². The van der Waals surface area contributed by atoms with Gasteiger partial charge < -0.3 is 14.2 Å². The third kappa shape index (κ3) is 4.79. The Morgan fingerprint density at radius 3 is 2.57 bits per heavy atom. The topological polar surface area (TPSA) is 115 Å². The molecule has 0 aromatic heterocycles. The van der Waals surface area contributed by atoms with Crippen LogP contribution in [0.4, 0.5) is 0 Å². The van der Waals surface area contributed by atoms with Gasteiger partial charge in [0.2, 0.25) is 10.0 Å². The van der Waals surface area contributed by atoms with Crippen molar-refractivity contribution in [1.82, 2.24) is 4.72 Å². The van der Waals surface area contributed by atoms with E-state index in [1.54, 1.807) is 30.3 Å². The zero-order valence-electron chi connectivity index (χ0n) is 14.8. The molecule has 1 atom stereocenters. The maximum atomic E-state index is 12.8. The van der Waals surface area contributed by atoms with Crippen LogP contribution in [0.5, 0.6) is 11.5 Å². The lowest BCUT2D eigenvalue weighted by atomic mass is 10.1. The van der Waals surface area contributed by atoms with Crippen LogP contribution in [0.3, 0.4) is 0 Å². The first-order valence-electron chi connectivity index (χ1n) is 8.49. The van der Waals surface area contributed by atoms with E-state index in [0.29, 0.717) is 24.7 Å². The molecule has 3 rings (SSSR count). The molecule has 0 radical (unpaired) electrons. The summed E-state index contributed by atoms with van der Waals surface area (Å²) >= 11 is 0. The molecule has 146 valence electrons. The van der Waals surface area contributed by atoms with E-state index in [1.165, 1.54) is 18.2 Å². The number of carbonyl (C=O) groups excluding carboxylic acids is 1. The number of carbonyl (C=O) groups is 1. The van der Waals surface area contributed by atoms with Crippen LogP contribution in [-0.2, 0) is 26.0 Å². The van der Waals surface area contributed by atoms with Gasteiger partial charge in [0.05, 0.1) is 4.90 Å². The van der Waals surface area contributed by atoms with Gasteiger partial charge in [-0.1, -0.05) is 30.3 Å². The van der Waals surface area contributed by atoms with Crippen LogP contribution >= 0.6 is 0 Å². The molecule has 1 aliphatic rings. The molecule has 0 bridgehead atoms. The maximum Gasteiger partial charge on any atom is 0.325 e. The summed E-state index contributed by atoms with van der Waals surface area (Å²) in [6, 6.07) is 13.6. The molecule has 0 fully saturated rings. The Balaban J connectivity index is 1.83. The zero-order valence-corrected chi connectivity index (χ0v) is 15.6. The van der Waals surface area contributed by atoms with E-state index in [0.717, 1.165) is 5.56 Å². The van der Waals surface area contributed by atoms with Crippen molar-refractivity contribution in [2.45, 2.75) is 17.4 Å². The van der Waals surface area contributed by atoms with Gasteiger partial charge in [-0.3, -0.25) is 4.79 Å². The number of hydrogen-bond acceptors (Lipinski definition) is 7. The van der Waals surface area contributed by atoms with E-state index in [1.807, 2.05) is 6.07 Å². The first-order chi connectivity index (χ1) is 13.5. The van der Waals surface area contributed by atoms with Crippen LogP contribution in [0, 0.1) is 11.3 Å². The van der Waals surface area contributed by atoms with Crippen molar-refractivity contribution >= 4 is 16.0 Å². The molecule has 2 aromatic carbocycles. The normalized spacial score (nSPS) is 14.0. The van der Waals surface area contributed by atoms with Gasteiger partial charge in [0.15, 0.2) is 18.1 Å². The number of ether oxygens (including phenoxy) is 3. The third-order valence-corrected chi connectivity index (χ3v) is 5.44. The highest BCUT2D eigenvalue weighted by atomic mass is 32.2. The minimum Gasteiger partial charge on any atom is -0.486 e. The molecule has 0 saturated carbocycles. The monoisotopic (exact) mass is 402 g/mol. The number of nitrogens with zero attached hydrogens (tertiary/aromatic N) is 1. The lowest BCUT2D eigenvalue weighted by Gasteiger charge is -2.20. The van der Waals surface area contributed by atoms with Crippen molar-refractivity contribution in [3.63, 3.8) is 0 Å². The lowest BCUT2D eigenvalue weighted by Crippen LogP contribution is -2.43. The van der Waals surface area contributed by atoms with Crippen LogP contribution in [0.1, 0.15) is 5.56 Å². The predicted molar refractivity (Wildman–Crippen MR) is 98.3 cm³/mol. The number of fused-ring (bicyclic) bond motifs is 1. The van der Waals surface area contributed by atoms with Crippen LogP contribution < -0.4 is 14.2 Å². The molecule has 1 aliphatic heterocycles. The number of nitrogens with one attached hydrogen (secondary N) is 1. The van der Waals surface area contributed by atoms with Gasteiger partial charge in [-0.15, -0.1) is 0 Å². The van der Waals surface area contributed by atoms with E-state index in [9.17, 15) is 13.2 Å². The molecule has 0 saturated heterocycles. The van der Waals surface area contributed by atoms with E-state index in [2.05, 4.69) is 4.72 Å². The van der Waals surface area contributed by atoms with Crippen LogP contribution in [0.15, 0.2) is 53.4 Å². The second-order valence-electron chi connectivity index (χ2n) is 5.93. The van der Waals surface area contributed by atoms with Crippen molar-refractivity contribution in [1.29, 1.82) is 5.26 Å². The Labute approximate surface area is 162 Å². The highest BCUT2D eigenvalue weighted by molar-refractivity contribution is 7.89. The molecular formula is C19H18N2O6S. The van der Waals surface area contributed by atoms with Crippen molar-refractivity contribution in [2.24, 2.45) is 0 Å². The number of rotatable bonds is 7. The summed E-state index contributed by atoms with van der Waals surface area (Å²) in [5.41, 5.74) is 0.742. The van der Waals surface area contributed by atoms with E-state index in [4.69, 9.17) is 19.5 Å². The Morgan fingerprint density at radius 1 is 1.14 bits per heavy atom. The summed E-state index contributed by atoms with van der Waals surface area (Å²) in [6.45, 7) is 0.248. The summed E-state index contributed by atoms with van der Waals surface area (Å²) < 4.78 is 43.6. The molecule has 28 heavy (non-hydrogen) atoms. The minimum absolute atomic E-state index is 0.0668. The SMILES string of the molecule is N#CCOC(=O)[C@H](Cc1ccccc1)NS(=O)(=O)c1ccc2c(c1)OCCO2. The van der Waals surface area contributed by atoms with Gasteiger partial charge in [0.1, 0.15) is 25.3 Å². The standard InChI is InChI=1S/C19H18N2O6S/c20-8-9-27-19(22)16(12-14-4-2-1-3-5-14)21-28(23,24)15-6-7-17-18(13-15)26-11-10-25-17/h1-7,13,16,21H,9-12H2/t16-/m0/s1.